The molecule has 5 heteroatoms. The first kappa shape index (κ1) is 11.5. The van der Waals surface area contributed by atoms with Gasteiger partial charge in [0.05, 0.1) is 6.33 Å². The average Bonchev–Trinajstić information content (AvgIpc) is 2.33. The Morgan fingerprint density at radius 3 is 3.25 bits per heavy atom. The number of hydrogen-bond donors (Lipinski definition) is 1. The van der Waals surface area contributed by atoms with Crippen molar-refractivity contribution in [1.29, 1.82) is 0 Å². The molecule has 2 rings (SSSR count). The first-order chi connectivity index (χ1) is 7.72. The van der Waals surface area contributed by atoms with Crippen molar-refractivity contribution >= 4 is 17.4 Å². The zero-order valence-corrected chi connectivity index (χ0v) is 10.1. The molecule has 4 nitrogen and oxygen atoms in total. The summed E-state index contributed by atoms with van der Waals surface area (Å²) in [5.74, 6) is 1.31. The van der Waals surface area contributed by atoms with Gasteiger partial charge in [-0.25, -0.2) is 4.98 Å². The Bertz CT molecular complexity index is 418. The van der Waals surface area contributed by atoms with E-state index in [1.807, 2.05) is 0 Å². The van der Waals surface area contributed by atoms with Gasteiger partial charge in [0.2, 0.25) is 0 Å². The number of nitrogens with zero attached hydrogens (tertiary/aromatic N) is 2. The van der Waals surface area contributed by atoms with Crippen molar-refractivity contribution < 1.29 is 0 Å². The van der Waals surface area contributed by atoms with Crippen molar-refractivity contribution in [2.45, 2.75) is 26.2 Å². The first-order valence-electron chi connectivity index (χ1n) is 5.70. The second-order valence-corrected chi connectivity index (χ2v) is 4.61. The minimum absolute atomic E-state index is 0.208. The molecule has 1 N–H and O–H groups in total. The van der Waals surface area contributed by atoms with Gasteiger partial charge in [-0.05, 0) is 18.8 Å². The lowest BCUT2D eigenvalue weighted by Gasteiger charge is -2.33. The maximum atomic E-state index is 11.4. The van der Waals surface area contributed by atoms with Crippen LogP contribution in [0.3, 0.4) is 0 Å². The van der Waals surface area contributed by atoms with Crippen molar-refractivity contribution in [2.24, 2.45) is 5.92 Å². The highest BCUT2D eigenvalue weighted by atomic mass is 35.5. The molecular formula is C11H16ClN3O. The van der Waals surface area contributed by atoms with E-state index in [1.54, 1.807) is 0 Å². The highest BCUT2D eigenvalue weighted by Crippen LogP contribution is 2.26. The van der Waals surface area contributed by atoms with Gasteiger partial charge in [-0.15, -0.1) is 0 Å². The van der Waals surface area contributed by atoms with Crippen molar-refractivity contribution in [2.75, 3.05) is 18.0 Å². The predicted octanol–water partition coefficient (Wildman–Crippen LogP) is 2.05. The maximum Gasteiger partial charge on any atom is 0.271 e. The normalized spacial score (nSPS) is 21.1. The fraction of sp³-hybridized carbons (Fsp3) is 0.636. The molecule has 0 aromatic carbocycles. The lowest BCUT2D eigenvalue weighted by molar-refractivity contribution is 0.403. The minimum atomic E-state index is -0.259. The molecule has 88 valence electrons. The molecular weight excluding hydrogens is 226 g/mol. The SMILES string of the molecule is CCC1CCCN(c2nc[nH]c(=O)c2Cl)C1. The van der Waals surface area contributed by atoms with Gasteiger partial charge in [0.15, 0.2) is 5.82 Å². The summed E-state index contributed by atoms with van der Waals surface area (Å²) in [6.07, 6.45) is 4.98. The Balaban J connectivity index is 2.23. The number of nitrogens with one attached hydrogen (secondary N) is 1. The molecule has 0 saturated carbocycles. The summed E-state index contributed by atoms with van der Waals surface area (Å²) in [5.41, 5.74) is -0.259. The Kier molecular flexibility index (Phi) is 3.49. The van der Waals surface area contributed by atoms with Crippen LogP contribution in [0.25, 0.3) is 0 Å². The van der Waals surface area contributed by atoms with Crippen LogP contribution in [0.5, 0.6) is 0 Å². The van der Waals surface area contributed by atoms with Crippen LogP contribution < -0.4 is 10.5 Å². The van der Waals surface area contributed by atoms with E-state index in [-0.39, 0.29) is 10.6 Å². The van der Waals surface area contributed by atoms with Gasteiger partial charge in [0.1, 0.15) is 5.02 Å². The second-order valence-electron chi connectivity index (χ2n) is 4.23. The van der Waals surface area contributed by atoms with E-state index in [0.29, 0.717) is 11.7 Å². The zero-order valence-electron chi connectivity index (χ0n) is 9.37. The number of anilines is 1. The molecule has 1 aromatic rings. The van der Waals surface area contributed by atoms with E-state index < -0.39 is 0 Å². The lowest BCUT2D eigenvalue weighted by Crippen LogP contribution is -2.36. The molecule has 0 radical (unpaired) electrons. The van der Waals surface area contributed by atoms with Gasteiger partial charge in [0.25, 0.3) is 5.56 Å². The number of H-pyrrole nitrogens is 1. The standard InChI is InChI=1S/C11H16ClN3O/c1-2-8-4-3-5-15(6-8)10-9(12)11(16)14-7-13-10/h7-8H,2-6H2,1H3,(H,13,14,16). The Morgan fingerprint density at radius 1 is 1.69 bits per heavy atom. The quantitative estimate of drug-likeness (QED) is 0.862. The van der Waals surface area contributed by atoms with Gasteiger partial charge in [-0.1, -0.05) is 24.9 Å². The Hall–Kier alpha value is -1.03. The summed E-state index contributed by atoms with van der Waals surface area (Å²) in [6, 6.07) is 0. The van der Waals surface area contributed by atoms with Crippen LogP contribution in [0.15, 0.2) is 11.1 Å². The number of aromatic nitrogens is 2. The lowest BCUT2D eigenvalue weighted by atomic mass is 9.96. The van der Waals surface area contributed by atoms with Crippen molar-refractivity contribution in [3.05, 3.63) is 21.7 Å². The van der Waals surface area contributed by atoms with Gasteiger partial charge in [0, 0.05) is 13.1 Å². The number of aromatic amines is 1. The second kappa shape index (κ2) is 4.87. The summed E-state index contributed by atoms with van der Waals surface area (Å²) in [5, 5.41) is 0.208. The van der Waals surface area contributed by atoms with E-state index in [9.17, 15) is 4.79 Å². The molecule has 1 saturated heterocycles. The van der Waals surface area contributed by atoms with Gasteiger partial charge in [-0.2, -0.15) is 0 Å². The number of rotatable bonds is 2. The van der Waals surface area contributed by atoms with E-state index in [2.05, 4.69) is 21.8 Å². The van der Waals surface area contributed by atoms with Crippen LogP contribution in [-0.4, -0.2) is 23.1 Å². The maximum absolute atomic E-state index is 11.4. The minimum Gasteiger partial charge on any atom is -0.355 e. The number of piperidine rings is 1. The molecule has 0 aliphatic carbocycles. The van der Waals surface area contributed by atoms with Crippen LogP contribution in [0.1, 0.15) is 26.2 Å². The van der Waals surface area contributed by atoms with Crippen LogP contribution in [0, 0.1) is 5.92 Å². The predicted molar refractivity (Wildman–Crippen MR) is 65.1 cm³/mol. The summed E-state index contributed by atoms with van der Waals surface area (Å²) in [7, 11) is 0. The molecule has 1 atom stereocenters. The molecule has 0 bridgehead atoms. The highest BCUT2D eigenvalue weighted by molar-refractivity contribution is 6.32. The molecule has 2 heterocycles. The van der Waals surface area contributed by atoms with Crippen LogP contribution in [0.4, 0.5) is 5.82 Å². The Morgan fingerprint density at radius 2 is 2.50 bits per heavy atom. The molecule has 16 heavy (non-hydrogen) atoms. The monoisotopic (exact) mass is 241 g/mol. The van der Waals surface area contributed by atoms with E-state index in [4.69, 9.17) is 11.6 Å². The van der Waals surface area contributed by atoms with Crippen LogP contribution in [0.2, 0.25) is 5.02 Å². The Labute approximate surface area is 99.6 Å². The van der Waals surface area contributed by atoms with Crippen molar-refractivity contribution in [3.8, 4) is 0 Å². The summed E-state index contributed by atoms with van der Waals surface area (Å²) >= 11 is 5.97. The molecule has 1 aliphatic rings. The fourth-order valence-electron chi connectivity index (χ4n) is 2.18. The number of hydrogen-bond acceptors (Lipinski definition) is 3. The zero-order chi connectivity index (χ0) is 11.5. The van der Waals surface area contributed by atoms with E-state index in [0.717, 1.165) is 25.9 Å². The van der Waals surface area contributed by atoms with Gasteiger partial charge < -0.3 is 9.88 Å². The number of halogens is 1. The molecule has 1 fully saturated rings. The highest BCUT2D eigenvalue weighted by Gasteiger charge is 2.22. The summed E-state index contributed by atoms with van der Waals surface area (Å²) in [4.78, 5) is 20.1. The van der Waals surface area contributed by atoms with E-state index in [1.165, 1.54) is 12.7 Å². The third-order valence-corrected chi connectivity index (χ3v) is 3.51. The smallest absolute Gasteiger partial charge is 0.271 e. The van der Waals surface area contributed by atoms with E-state index >= 15 is 0 Å². The molecule has 0 amide bonds. The van der Waals surface area contributed by atoms with Crippen molar-refractivity contribution in [1.82, 2.24) is 9.97 Å². The van der Waals surface area contributed by atoms with Crippen molar-refractivity contribution in [3.63, 3.8) is 0 Å². The average molecular weight is 242 g/mol. The third kappa shape index (κ3) is 2.21. The summed E-state index contributed by atoms with van der Waals surface area (Å²) in [6.45, 7) is 4.08. The molecule has 0 spiro atoms. The molecule has 1 aromatic heterocycles. The molecule has 1 unspecified atom stereocenters. The van der Waals surface area contributed by atoms with Crippen LogP contribution in [-0.2, 0) is 0 Å². The van der Waals surface area contributed by atoms with Crippen LogP contribution >= 0.6 is 11.6 Å². The first-order valence-corrected chi connectivity index (χ1v) is 6.08. The molecule has 1 aliphatic heterocycles. The fourth-order valence-corrected chi connectivity index (χ4v) is 2.41. The van der Waals surface area contributed by atoms with Gasteiger partial charge in [-0.3, -0.25) is 4.79 Å². The third-order valence-electron chi connectivity index (χ3n) is 3.17. The van der Waals surface area contributed by atoms with Gasteiger partial charge >= 0.3 is 0 Å². The topological polar surface area (TPSA) is 49.0 Å². The summed E-state index contributed by atoms with van der Waals surface area (Å²) < 4.78 is 0. The largest absolute Gasteiger partial charge is 0.355 e.